The molecule has 0 spiro atoms. The summed E-state index contributed by atoms with van der Waals surface area (Å²) in [5.74, 6) is 1.27. The molecule has 0 N–H and O–H groups in total. The Morgan fingerprint density at radius 1 is 1.33 bits per heavy atom. The third kappa shape index (κ3) is 2.41. The second-order valence-electron chi connectivity index (χ2n) is 2.44. The van der Waals surface area contributed by atoms with E-state index in [1.54, 1.807) is 0 Å². The Morgan fingerprint density at radius 2 is 1.78 bits per heavy atom. The van der Waals surface area contributed by atoms with E-state index in [-0.39, 0.29) is 0 Å². The number of hydrogen-bond acceptors (Lipinski definition) is 0. The van der Waals surface area contributed by atoms with Crippen LogP contribution in [0.25, 0.3) is 0 Å². The first-order valence-corrected chi connectivity index (χ1v) is 3.27. The molecule has 50 valence electrons. The fourth-order valence-corrected chi connectivity index (χ4v) is 0.567. The van der Waals surface area contributed by atoms with Gasteiger partial charge >= 0.3 is 0 Å². The highest BCUT2D eigenvalue weighted by atomic mass is 14.1. The van der Waals surface area contributed by atoms with Gasteiger partial charge in [-0.25, -0.2) is 0 Å². The van der Waals surface area contributed by atoms with E-state index >= 15 is 0 Å². The Labute approximate surface area is 58.3 Å². The monoisotopic (exact) mass is 123 g/mol. The van der Waals surface area contributed by atoms with Crippen molar-refractivity contribution in [1.29, 1.82) is 0 Å². The maximum absolute atomic E-state index is 3.89. The molecular formula is C9H15+. The van der Waals surface area contributed by atoms with Crippen molar-refractivity contribution in [3.8, 4) is 0 Å². The van der Waals surface area contributed by atoms with Crippen LogP contribution in [-0.4, -0.2) is 0 Å². The lowest BCUT2D eigenvalue weighted by Gasteiger charge is -1.99. The largest absolute Gasteiger partial charge is 0.127 e. The van der Waals surface area contributed by atoms with Crippen molar-refractivity contribution in [2.45, 2.75) is 27.2 Å². The summed E-state index contributed by atoms with van der Waals surface area (Å²) in [7, 11) is 0. The molecule has 9 heavy (non-hydrogen) atoms. The molecule has 0 aliphatic carbocycles. The second-order valence-corrected chi connectivity index (χ2v) is 2.44. The molecule has 0 unspecified atom stereocenters. The van der Waals surface area contributed by atoms with Gasteiger partial charge in [0.25, 0.3) is 0 Å². The first kappa shape index (κ1) is 8.35. The molecule has 0 aromatic heterocycles. The molecule has 0 saturated carbocycles. The maximum atomic E-state index is 3.89. The van der Waals surface area contributed by atoms with Crippen LogP contribution in [0.4, 0.5) is 0 Å². The van der Waals surface area contributed by atoms with Gasteiger partial charge in [-0.15, -0.1) is 0 Å². The summed E-state index contributed by atoms with van der Waals surface area (Å²) in [6, 6.07) is 0. The van der Waals surface area contributed by atoms with Crippen LogP contribution < -0.4 is 0 Å². The van der Waals surface area contributed by atoms with E-state index in [1.807, 2.05) is 0 Å². The van der Waals surface area contributed by atoms with E-state index in [1.165, 1.54) is 5.92 Å². The standard InChI is InChI=1S/C9H15/c1-6-8(4)9(5)7(2)3/h4-6H2,1-3H3/q+1. The van der Waals surface area contributed by atoms with Crippen molar-refractivity contribution in [2.75, 3.05) is 0 Å². The Morgan fingerprint density at radius 3 is 1.89 bits per heavy atom. The van der Waals surface area contributed by atoms with Gasteiger partial charge in [0.05, 0.1) is 5.57 Å². The Hall–Kier alpha value is -0.650. The van der Waals surface area contributed by atoms with Gasteiger partial charge in [0.1, 0.15) is 5.57 Å². The molecular weight excluding hydrogens is 108 g/mol. The van der Waals surface area contributed by atoms with Gasteiger partial charge in [-0.1, -0.05) is 0 Å². The highest BCUT2D eigenvalue weighted by molar-refractivity contribution is 5.36. The quantitative estimate of drug-likeness (QED) is 0.399. The van der Waals surface area contributed by atoms with E-state index in [2.05, 4.69) is 33.9 Å². The average molecular weight is 123 g/mol. The predicted octanol–water partition coefficient (Wildman–Crippen LogP) is 3.12. The van der Waals surface area contributed by atoms with Crippen LogP contribution in [0.3, 0.4) is 0 Å². The minimum atomic E-state index is 1.00. The topological polar surface area (TPSA) is 0 Å². The van der Waals surface area contributed by atoms with Gasteiger partial charge < -0.3 is 0 Å². The summed E-state index contributed by atoms with van der Waals surface area (Å²) in [5.41, 5.74) is 2.26. The Kier molecular flexibility index (Phi) is 3.15. The van der Waals surface area contributed by atoms with Crippen molar-refractivity contribution in [3.05, 3.63) is 30.2 Å². The lowest BCUT2D eigenvalue weighted by atomic mass is 9.97. The van der Waals surface area contributed by atoms with E-state index in [4.69, 9.17) is 0 Å². The summed E-state index contributed by atoms with van der Waals surface area (Å²) in [5, 5.41) is 0. The zero-order valence-electron chi connectivity index (χ0n) is 6.62. The van der Waals surface area contributed by atoms with Crippen molar-refractivity contribution >= 4 is 0 Å². The van der Waals surface area contributed by atoms with E-state index in [0.717, 1.165) is 17.6 Å². The van der Waals surface area contributed by atoms with Crippen LogP contribution in [0.5, 0.6) is 0 Å². The lowest BCUT2D eigenvalue weighted by Crippen LogP contribution is -1.91. The normalized spacial score (nSPS) is 8.78. The van der Waals surface area contributed by atoms with Crippen molar-refractivity contribution in [1.82, 2.24) is 0 Å². The van der Waals surface area contributed by atoms with Gasteiger partial charge in [-0.05, 0) is 13.5 Å². The summed E-state index contributed by atoms with van der Waals surface area (Å²) in [4.78, 5) is 0. The van der Waals surface area contributed by atoms with Crippen molar-refractivity contribution in [3.63, 3.8) is 0 Å². The maximum Gasteiger partial charge on any atom is 0.127 e. The molecule has 0 amide bonds. The molecule has 0 aromatic carbocycles. The van der Waals surface area contributed by atoms with Crippen LogP contribution in [-0.2, 0) is 0 Å². The van der Waals surface area contributed by atoms with Crippen molar-refractivity contribution in [2.24, 2.45) is 0 Å². The molecule has 0 heterocycles. The molecule has 0 aliphatic heterocycles. The van der Waals surface area contributed by atoms with E-state index in [9.17, 15) is 0 Å². The lowest BCUT2D eigenvalue weighted by molar-refractivity contribution is 1.05. The fraction of sp³-hybridized carbons (Fsp3) is 0.444. The molecule has 0 aliphatic rings. The highest BCUT2D eigenvalue weighted by Crippen LogP contribution is 2.18. The highest BCUT2D eigenvalue weighted by Gasteiger charge is 2.10. The molecule has 0 aromatic rings. The molecule has 0 bridgehead atoms. The number of rotatable bonds is 3. The van der Waals surface area contributed by atoms with Gasteiger partial charge in [0, 0.05) is 32.8 Å². The van der Waals surface area contributed by atoms with Crippen LogP contribution in [0.1, 0.15) is 27.2 Å². The molecule has 0 rings (SSSR count). The predicted molar refractivity (Wildman–Crippen MR) is 43.2 cm³/mol. The first-order valence-electron chi connectivity index (χ1n) is 3.27. The summed E-state index contributed by atoms with van der Waals surface area (Å²) < 4.78 is 0. The van der Waals surface area contributed by atoms with Gasteiger partial charge in [0.15, 0.2) is 0 Å². The smallest absolute Gasteiger partial charge is 0.0495 e. The summed E-state index contributed by atoms with van der Waals surface area (Å²) >= 11 is 0. The number of allylic oxidation sites excluding steroid dienone is 2. The number of hydrogen-bond donors (Lipinski definition) is 0. The van der Waals surface area contributed by atoms with Crippen LogP contribution in [0.15, 0.2) is 24.3 Å². The SMILES string of the molecule is C=C(CC)C(=C)[C+](C)C. The fourth-order valence-electron chi connectivity index (χ4n) is 0.567. The molecule has 0 nitrogen and oxygen atoms in total. The molecule has 0 atom stereocenters. The Balaban J connectivity index is 3.89. The van der Waals surface area contributed by atoms with Gasteiger partial charge in [-0.2, -0.15) is 0 Å². The Bertz CT molecular complexity index is 118. The third-order valence-electron chi connectivity index (χ3n) is 1.46. The summed E-state index contributed by atoms with van der Waals surface area (Å²) in [6.07, 6.45) is 1.00. The molecule has 0 saturated heterocycles. The minimum absolute atomic E-state index is 1.00. The zero-order valence-corrected chi connectivity index (χ0v) is 6.62. The third-order valence-corrected chi connectivity index (χ3v) is 1.46. The zero-order chi connectivity index (χ0) is 7.44. The van der Waals surface area contributed by atoms with Gasteiger partial charge in [0.2, 0.25) is 0 Å². The van der Waals surface area contributed by atoms with E-state index in [0.29, 0.717) is 0 Å². The van der Waals surface area contributed by atoms with Crippen LogP contribution in [0.2, 0.25) is 0 Å². The molecule has 0 radical (unpaired) electrons. The van der Waals surface area contributed by atoms with E-state index < -0.39 is 0 Å². The summed E-state index contributed by atoms with van der Waals surface area (Å²) in [6.45, 7) is 14.0. The van der Waals surface area contributed by atoms with Crippen molar-refractivity contribution < 1.29 is 0 Å². The minimum Gasteiger partial charge on any atom is -0.0495 e. The second kappa shape index (κ2) is 3.39. The first-order chi connectivity index (χ1) is 4.09. The average Bonchev–Trinajstić information content (AvgIpc) is 1.84. The van der Waals surface area contributed by atoms with Crippen LogP contribution >= 0.6 is 0 Å². The molecule has 0 heteroatoms. The molecule has 0 fully saturated rings. The van der Waals surface area contributed by atoms with Gasteiger partial charge in [-0.3, -0.25) is 0 Å². The van der Waals surface area contributed by atoms with Crippen LogP contribution in [0, 0.1) is 5.92 Å².